The van der Waals surface area contributed by atoms with Gasteiger partial charge in [0, 0.05) is 25.7 Å². The minimum atomic E-state index is -2.98. The van der Waals surface area contributed by atoms with Crippen LogP contribution in [0.1, 0.15) is 32.4 Å². The number of carbonyl (C=O) groups excluding carboxylic acids is 1. The Balaban J connectivity index is 2.17. The van der Waals surface area contributed by atoms with Crippen molar-refractivity contribution in [1.29, 1.82) is 0 Å². The van der Waals surface area contributed by atoms with Crippen LogP contribution in [0.3, 0.4) is 0 Å². The molecule has 0 N–H and O–H groups in total. The number of hydrogen-bond acceptors (Lipinski definition) is 4. The third-order valence-corrected chi connectivity index (χ3v) is 4.41. The summed E-state index contributed by atoms with van der Waals surface area (Å²) in [4.78, 5) is 21.6. The first kappa shape index (κ1) is 22.2. The van der Waals surface area contributed by atoms with Crippen LogP contribution in [-0.4, -0.2) is 34.6 Å². The highest BCUT2D eigenvalue weighted by atomic mass is 19.3. The standard InChI is InChI=1S/C22H25F2N3O2/c1-5-12-25-21(17-10-13-27(14-11-17)20(28)6-2)16(4)29-18-8-9-19(26-15-18)22(23,24)7-3/h5-6,8-10,12,15H,2,4,7,11,13-14H2,1,3H3/b12-5-,25-21?. The summed E-state index contributed by atoms with van der Waals surface area (Å²) >= 11 is 0. The Labute approximate surface area is 169 Å². The minimum Gasteiger partial charge on any atom is -0.454 e. The van der Waals surface area contributed by atoms with Crippen molar-refractivity contribution in [2.75, 3.05) is 13.1 Å². The summed E-state index contributed by atoms with van der Waals surface area (Å²) in [5.41, 5.74) is 1.13. The van der Waals surface area contributed by atoms with E-state index in [9.17, 15) is 13.6 Å². The number of aromatic nitrogens is 1. The molecule has 154 valence electrons. The van der Waals surface area contributed by atoms with Gasteiger partial charge in [-0.3, -0.25) is 14.8 Å². The fourth-order valence-electron chi connectivity index (χ4n) is 2.73. The second kappa shape index (κ2) is 9.91. The second-order valence-corrected chi connectivity index (χ2v) is 6.39. The van der Waals surface area contributed by atoms with Gasteiger partial charge in [-0.15, -0.1) is 0 Å². The van der Waals surface area contributed by atoms with E-state index in [2.05, 4.69) is 23.1 Å². The van der Waals surface area contributed by atoms with E-state index < -0.39 is 5.92 Å². The molecule has 0 saturated heterocycles. The molecule has 0 bridgehead atoms. The quantitative estimate of drug-likeness (QED) is 0.357. The molecule has 1 aromatic heterocycles. The Morgan fingerprint density at radius 1 is 1.45 bits per heavy atom. The number of aliphatic imine (C=N–C) groups is 1. The average molecular weight is 401 g/mol. The predicted molar refractivity (Wildman–Crippen MR) is 110 cm³/mol. The van der Waals surface area contributed by atoms with Crippen LogP contribution in [0.25, 0.3) is 0 Å². The number of nitrogens with zero attached hydrogens (tertiary/aromatic N) is 3. The van der Waals surface area contributed by atoms with E-state index in [0.717, 1.165) is 5.57 Å². The smallest absolute Gasteiger partial charge is 0.289 e. The lowest BCUT2D eigenvalue weighted by Gasteiger charge is -2.26. The molecule has 2 heterocycles. The molecule has 0 spiro atoms. The lowest BCUT2D eigenvalue weighted by molar-refractivity contribution is -0.125. The van der Waals surface area contributed by atoms with Crippen LogP contribution in [-0.2, 0) is 10.7 Å². The summed E-state index contributed by atoms with van der Waals surface area (Å²) in [7, 11) is 0. The monoisotopic (exact) mass is 401 g/mol. The van der Waals surface area contributed by atoms with Crippen molar-refractivity contribution < 1.29 is 18.3 Å². The number of ether oxygens (including phenoxy) is 1. The van der Waals surface area contributed by atoms with Gasteiger partial charge in [-0.05, 0) is 37.1 Å². The highest BCUT2D eigenvalue weighted by molar-refractivity contribution is 6.11. The first-order chi connectivity index (χ1) is 13.8. The zero-order chi connectivity index (χ0) is 21.4. The lowest BCUT2D eigenvalue weighted by Crippen LogP contribution is -2.34. The van der Waals surface area contributed by atoms with Crippen molar-refractivity contribution in [3.8, 4) is 5.75 Å². The van der Waals surface area contributed by atoms with Gasteiger partial charge in [-0.25, -0.2) is 0 Å². The zero-order valence-electron chi connectivity index (χ0n) is 16.7. The van der Waals surface area contributed by atoms with E-state index >= 15 is 0 Å². The Bertz CT molecular complexity index is 855. The first-order valence-corrected chi connectivity index (χ1v) is 9.33. The van der Waals surface area contributed by atoms with Gasteiger partial charge in [-0.1, -0.05) is 32.2 Å². The molecule has 0 fully saturated rings. The van der Waals surface area contributed by atoms with Crippen LogP contribution in [0.2, 0.25) is 0 Å². The first-order valence-electron chi connectivity index (χ1n) is 9.33. The Hall–Kier alpha value is -3.09. The fourth-order valence-corrected chi connectivity index (χ4v) is 2.73. The number of rotatable bonds is 8. The second-order valence-electron chi connectivity index (χ2n) is 6.39. The SMILES string of the molecule is C=CC(=O)N1CC=C(C(=N/C=C\C)C(=C)Oc2ccc(C(F)(F)CC)nc2)CC1. The third kappa shape index (κ3) is 5.70. The van der Waals surface area contributed by atoms with E-state index in [4.69, 9.17) is 4.74 Å². The molecule has 0 aliphatic carbocycles. The number of amides is 1. The van der Waals surface area contributed by atoms with Gasteiger partial charge in [0.25, 0.3) is 5.92 Å². The molecule has 1 amide bonds. The molecule has 2 rings (SSSR count). The number of allylic oxidation sites excluding steroid dienone is 2. The highest BCUT2D eigenvalue weighted by Gasteiger charge is 2.30. The number of halogens is 2. The summed E-state index contributed by atoms with van der Waals surface area (Å²) in [5, 5.41) is 0. The molecule has 0 radical (unpaired) electrons. The molecule has 1 aliphatic rings. The van der Waals surface area contributed by atoms with Gasteiger partial charge < -0.3 is 9.64 Å². The summed E-state index contributed by atoms with van der Waals surface area (Å²) in [6, 6.07) is 2.68. The van der Waals surface area contributed by atoms with E-state index in [0.29, 0.717) is 31.0 Å². The van der Waals surface area contributed by atoms with E-state index in [1.54, 1.807) is 17.2 Å². The lowest BCUT2D eigenvalue weighted by atomic mass is 10.0. The maximum Gasteiger partial charge on any atom is 0.289 e. The van der Waals surface area contributed by atoms with Crippen molar-refractivity contribution in [2.45, 2.75) is 32.6 Å². The van der Waals surface area contributed by atoms with Gasteiger partial charge in [0.05, 0.1) is 6.20 Å². The minimum absolute atomic E-state index is 0.127. The molecule has 0 aromatic carbocycles. The van der Waals surface area contributed by atoms with E-state index in [1.807, 2.05) is 13.0 Å². The molecule has 1 aromatic rings. The maximum atomic E-state index is 13.7. The molecular weight excluding hydrogens is 376 g/mol. The van der Waals surface area contributed by atoms with Gasteiger partial charge in [0.1, 0.15) is 22.9 Å². The normalized spacial score (nSPS) is 15.2. The molecule has 0 atom stereocenters. The van der Waals surface area contributed by atoms with Gasteiger partial charge >= 0.3 is 0 Å². The molecule has 0 unspecified atom stereocenters. The maximum absolute atomic E-state index is 13.7. The summed E-state index contributed by atoms with van der Waals surface area (Å²) in [6.45, 7) is 11.6. The van der Waals surface area contributed by atoms with Crippen molar-refractivity contribution >= 4 is 11.6 Å². The van der Waals surface area contributed by atoms with Crippen LogP contribution >= 0.6 is 0 Å². The molecule has 29 heavy (non-hydrogen) atoms. The number of carbonyl (C=O) groups is 1. The highest BCUT2D eigenvalue weighted by Crippen LogP contribution is 2.30. The van der Waals surface area contributed by atoms with Crippen LogP contribution in [0, 0.1) is 0 Å². The Morgan fingerprint density at radius 3 is 2.72 bits per heavy atom. The largest absolute Gasteiger partial charge is 0.454 e. The van der Waals surface area contributed by atoms with Crippen LogP contribution in [0.5, 0.6) is 5.75 Å². The van der Waals surface area contributed by atoms with Crippen molar-refractivity contribution in [3.63, 3.8) is 0 Å². The van der Waals surface area contributed by atoms with Gasteiger partial charge in [0.2, 0.25) is 5.91 Å². The number of hydrogen-bond donors (Lipinski definition) is 0. The molecule has 1 aliphatic heterocycles. The average Bonchev–Trinajstić information content (AvgIpc) is 2.74. The number of pyridine rings is 1. The van der Waals surface area contributed by atoms with E-state index in [-0.39, 0.29) is 23.8 Å². The summed E-state index contributed by atoms with van der Waals surface area (Å²) in [6.07, 6.45) is 8.07. The van der Waals surface area contributed by atoms with Crippen LogP contribution in [0.15, 0.2) is 72.2 Å². The van der Waals surface area contributed by atoms with Crippen LogP contribution in [0.4, 0.5) is 8.78 Å². The van der Waals surface area contributed by atoms with Crippen molar-refractivity contribution in [3.05, 3.63) is 72.9 Å². The summed E-state index contributed by atoms with van der Waals surface area (Å²) in [5.74, 6) is -2.54. The molecule has 7 heteroatoms. The summed E-state index contributed by atoms with van der Waals surface area (Å²) < 4.78 is 33.1. The molecule has 0 saturated carbocycles. The van der Waals surface area contributed by atoms with Gasteiger partial charge in [0.15, 0.2) is 0 Å². The van der Waals surface area contributed by atoms with Crippen molar-refractivity contribution in [1.82, 2.24) is 9.88 Å². The third-order valence-electron chi connectivity index (χ3n) is 4.41. The van der Waals surface area contributed by atoms with Gasteiger partial charge in [-0.2, -0.15) is 8.78 Å². The Kier molecular flexibility index (Phi) is 7.59. The molecule has 5 nitrogen and oxygen atoms in total. The van der Waals surface area contributed by atoms with Crippen molar-refractivity contribution in [2.24, 2.45) is 4.99 Å². The number of alkyl halides is 2. The molecular formula is C22H25F2N3O2. The van der Waals surface area contributed by atoms with E-state index in [1.165, 1.54) is 31.3 Å². The predicted octanol–water partition coefficient (Wildman–Crippen LogP) is 4.80. The zero-order valence-corrected chi connectivity index (χ0v) is 16.7. The Morgan fingerprint density at radius 2 is 2.21 bits per heavy atom. The van der Waals surface area contributed by atoms with Crippen LogP contribution < -0.4 is 4.74 Å². The fraction of sp³-hybridized carbons (Fsp3) is 0.318. The topological polar surface area (TPSA) is 54.8 Å².